The summed E-state index contributed by atoms with van der Waals surface area (Å²) in [6.07, 6.45) is 3.27. The molecule has 0 bridgehead atoms. The first-order valence-corrected chi connectivity index (χ1v) is 4.10. The Morgan fingerprint density at radius 3 is 2.79 bits per heavy atom. The van der Waals surface area contributed by atoms with Gasteiger partial charge in [-0.1, -0.05) is 18.2 Å². The summed E-state index contributed by atoms with van der Waals surface area (Å²) in [7, 11) is 0. The van der Waals surface area contributed by atoms with Gasteiger partial charge >= 0.3 is 5.97 Å². The van der Waals surface area contributed by atoms with Crippen LogP contribution in [0.5, 0.6) is 0 Å². The first kappa shape index (κ1) is 8.50. The smallest absolute Gasteiger partial charge is 0.336 e. The van der Waals surface area contributed by atoms with Gasteiger partial charge in [-0.3, -0.25) is 5.10 Å². The van der Waals surface area contributed by atoms with Crippen molar-refractivity contribution >= 4 is 5.97 Å². The number of carboxylic acid groups (broad SMARTS) is 1. The summed E-state index contributed by atoms with van der Waals surface area (Å²) in [5, 5.41) is 15.4. The van der Waals surface area contributed by atoms with Crippen molar-refractivity contribution in [3.05, 3.63) is 42.2 Å². The van der Waals surface area contributed by atoms with E-state index >= 15 is 0 Å². The maximum absolute atomic E-state index is 10.9. The van der Waals surface area contributed by atoms with Gasteiger partial charge in [0, 0.05) is 11.8 Å². The molecule has 70 valence electrons. The summed E-state index contributed by atoms with van der Waals surface area (Å²) in [6, 6.07) is 6.83. The Morgan fingerprint density at radius 2 is 2.14 bits per heavy atom. The summed E-state index contributed by atoms with van der Waals surface area (Å²) < 4.78 is 0. The highest BCUT2D eigenvalue weighted by Gasteiger charge is 2.10. The Balaban J connectivity index is 2.58. The van der Waals surface area contributed by atoms with Crippen LogP contribution in [0.4, 0.5) is 0 Å². The van der Waals surface area contributed by atoms with Gasteiger partial charge in [0.05, 0.1) is 11.8 Å². The molecule has 2 aromatic rings. The normalized spacial score (nSPS) is 10.0. The van der Waals surface area contributed by atoms with E-state index in [0.717, 1.165) is 5.56 Å². The van der Waals surface area contributed by atoms with Crippen LogP contribution in [0.2, 0.25) is 0 Å². The Kier molecular flexibility index (Phi) is 2.02. The zero-order chi connectivity index (χ0) is 9.97. The third-order valence-corrected chi connectivity index (χ3v) is 1.97. The molecule has 0 saturated heterocycles. The molecule has 2 rings (SSSR count). The molecule has 2 N–H and O–H groups in total. The van der Waals surface area contributed by atoms with E-state index in [1.165, 1.54) is 0 Å². The number of nitrogens with one attached hydrogen (secondary N) is 1. The summed E-state index contributed by atoms with van der Waals surface area (Å²) in [6.45, 7) is 0. The van der Waals surface area contributed by atoms with Gasteiger partial charge in [-0.05, 0) is 11.6 Å². The van der Waals surface area contributed by atoms with Crippen LogP contribution in [-0.4, -0.2) is 21.3 Å². The predicted molar refractivity (Wildman–Crippen MR) is 51.0 cm³/mol. The van der Waals surface area contributed by atoms with Crippen molar-refractivity contribution in [3.8, 4) is 11.1 Å². The Labute approximate surface area is 80.2 Å². The molecule has 4 nitrogen and oxygen atoms in total. The molecule has 0 amide bonds. The van der Waals surface area contributed by atoms with Crippen molar-refractivity contribution in [2.24, 2.45) is 0 Å². The molecular formula is C10H8N2O2. The van der Waals surface area contributed by atoms with E-state index in [0.29, 0.717) is 5.56 Å². The minimum atomic E-state index is -0.929. The minimum absolute atomic E-state index is 0.286. The highest BCUT2D eigenvalue weighted by atomic mass is 16.4. The first-order valence-electron chi connectivity index (χ1n) is 4.10. The number of aromatic amines is 1. The lowest BCUT2D eigenvalue weighted by Gasteiger charge is -2.01. The molecule has 0 aliphatic carbocycles. The molecule has 14 heavy (non-hydrogen) atoms. The predicted octanol–water partition coefficient (Wildman–Crippen LogP) is 1.77. The molecule has 1 aromatic heterocycles. The van der Waals surface area contributed by atoms with Gasteiger partial charge in [-0.25, -0.2) is 4.79 Å². The van der Waals surface area contributed by atoms with Crippen molar-refractivity contribution in [1.82, 2.24) is 10.2 Å². The lowest BCUT2D eigenvalue weighted by atomic mass is 10.0. The fourth-order valence-electron chi connectivity index (χ4n) is 1.32. The summed E-state index contributed by atoms with van der Waals surface area (Å²) >= 11 is 0. The molecule has 0 fully saturated rings. The maximum atomic E-state index is 10.9. The number of hydrogen-bond acceptors (Lipinski definition) is 2. The second-order valence-electron chi connectivity index (χ2n) is 2.84. The van der Waals surface area contributed by atoms with Gasteiger partial charge < -0.3 is 5.11 Å². The van der Waals surface area contributed by atoms with Gasteiger partial charge in [-0.2, -0.15) is 5.10 Å². The Bertz CT molecular complexity index is 449. The van der Waals surface area contributed by atoms with Crippen LogP contribution in [0.25, 0.3) is 11.1 Å². The lowest BCUT2D eigenvalue weighted by molar-refractivity contribution is 0.0698. The zero-order valence-electron chi connectivity index (χ0n) is 7.27. The number of hydrogen-bond donors (Lipinski definition) is 2. The summed E-state index contributed by atoms with van der Waals surface area (Å²) in [5.74, 6) is -0.929. The number of aromatic nitrogens is 2. The largest absolute Gasteiger partial charge is 0.478 e. The molecule has 0 saturated carbocycles. The van der Waals surface area contributed by atoms with Crippen molar-refractivity contribution in [1.29, 1.82) is 0 Å². The highest BCUT2D eigenvalue weighted by Crippen LogP contribution is 2.21. The SMILES string of the molecule is O=C(O)c1ccccc1-c1cn[nH]c1. The van der Waals surface area contributed by atoms with Crippen molar-refractivity contribution in [2.45, 2.75) is 0 Å². The van der Waals surface area contributed by atoms with Crippen molar-refractivity contribution in [3.63, 3.8) is 0 Å². The van der Waals surface area contributed by atoms with E-state index in [-0.39, 0.29) is 5.56 Å². The number of aromatic carboxylic acids is 1. The van der Waals surface area contributed by atoms with Crippen LogP contribution in [0, 0.1) is 0 Å². The number of H-pyrrole nitrogens is 1. The number of rotatable bonds is 2. The fraction of sp³-hybridized carbons (Fsp3) is 0. The fourth-order valence-corrected chi connectivity index (χ4v) is 1.32. The van der Waals surface area contributed by atoms with Crippen molar-refractivity contribution < 1.29 is 9.90 Å². The van der Waals surface area contributed by atoms with Crippen molar-refractivity contribution in [2.75, 3.05) is 0 Å². The number of nitrogens with zero attached hydrogens (tertiary/aromatic N) is 1. The van der Waals surface area contributed by atoms with E-state index in [1.807, 2.05) is 0 Å². The monoisotopic (exact) mass is 188 g/mol. The third-order valence-electron chi connectivity index (χ3n) is 1.97. The number of benzene rings is 1. The molecular weight excluding hydrogens is 180 g/mol. The molecule has 0 aliphatic rings. The van der Waals surface area contributed by atoms with Crippen LogP contribution >= 0.6 is 0 Å². The average Bonchev–Trinajstić information content (AvgIpc) is 2.70. The number of carboxylic acids is 1. The van der Waals surface area contributed by atoms with Gasteiger partial charge in [0.2, 0.25) is 0 Å². The van der Waals surface area contributed by atoms with Crippen LogP contribution in [0.15, 0.2) is 36.7 Å². The summed E-state index contributed by atoms with van der Waals surface area (Å²) in [5.41, 5.74) is 1.74. The molecule has 0 unspecified atom stereocenters. The topological polar surface area (TPSA) is 66.0 Å². The molecule has 4 heteroatoms. The van der Waals surface area contributed by atoms with Gasteiger partial charge in [0.15, 0.2) is 0 Å². The van der Waals surface area contributed by atoms with E-state index < -0.39 is 5.97 Å². The van der Waals surface area contributed by atoms with E-state index in [4.69, 9.17) is 5.11 Å². The van der Waals surface area contributed by atoms with Gasteiger partial charge in [-0.15, -0.1) is 0 Å². The second-order valence-corrected chi connectivity index (χ2v) is 2.84. The third kappa shape index (κ3) is 1.37. The van der Waals surface area contributed by atoms with Gasteiger partial charge in [0.1, 0.15) is 0 Å². The average molecular weight is 188 g/mol. The Hall–Kier alpha value is -2.10. The molecule has 0 radical (unpaired) electrons. The standard InChI is InChI=1S/C10H8N2O2/c13-10(14)9-4-2-1-3-8(9)7-5-11-12-6-7/h1-6H,(H,11,12)(H,13,14). The molecule has 0 spiro atoms. The number of carbonyl (C=O) groups is 1. The second kappa shape index (κ2) is 3.33. The summed E-state index contributed by atoms with van der Waals surface area (Å²) in [4.78, 5) is 10.9. The minimum Gasteiger partial charge on any atom is -0.478 e. The highest BCUT2D eigenvalue weighted by molar-refractivity contribution is 5.95. The maximum Gasteiger partial charge on any atom is 0.336 e. The lowest BCUT2D eigenvalue weighted by Crippen LogP contribution is -1.98. The van der Waals surface area contributed by atoms with Crippen LogP contribution in [0.1, 0.15) is 10.4 Å². The van der Waals surface area contributed by atoms with Crippen LogP contribution in [-0.2, 0) is 0 Å². The van der Waals surface area contributed by atoms with E-state index in [2.05, 4.69) is 10.2 Å². The quantitative estimate of drug-likeness (QED) is 0.754. The molecule has 0 aliphatic heterocycles. The molecule has 0 atom stereocenters. The molecule has 1 aromatic carbocycles. The zero-order valence-corrected chi connectivity index (χ0v) is 7.27. The van der Waals surface area contributed by atoms with Gasteiger partial charge in [0.25, 0.3) is 0 Å². The Morgan fingerprint density at radius 1 is 1.36 bits per heavy atom. The van der Waals surface area contributed by atoms with E-state index in [1.54, 1.807) is 36.7 Å². The molecule has 1 heterocycles. The first-order chi connectivity index (χ1) is 6.79. The van der Waals surface area contributed by atoms with Crippen LogP contribution in [0.3, 0.4) is 0 Å². The van der Waals surface area contributed by atoms with Crippen LogP contribution < -0.4 is 0 Å². The van der Waals surface area contributed by atoms with E-state index in [9.17, 15) is 4.79 Å².